The number of ether oxygens (including phenoxy) is 2. The smallest absolute Gasteiger partial charge is 0.258 e. The molecule has 1 N–H and O–H groups in total. The summed E-state index contributed by atoms with van der Waals surface area (Å²) in [5, 5.41) is 5.69. The lowest BCUT2D eigenvalue weighted by atomic mass is 10.2. The van der Waals surface area contributed by atoms with E-state index in [0.29, 0.717) is 12.3 Å². The molecule has 27 heavy (non-hydrogen) atoms. The Morgan fingerprint density at radius 1 is 1.07 bits per heavy atom. The number of benzene rings is 2. The molecule has 1 amide bonds. The van der Waals surface area contributed by atoms with Gasteiger partial charge in [-0.25, -0.2) is 4.98 Å². The van der Waals surface area contributed by atoms with Crippen LogP contribution >= 0.6 is 11.3 Å². The molecule has 1 heterocycles. The van der Waals surface area contributed by atoms with Gasteiger partial charge in [0.15, 0.2) is 6.61 Å². The van der Waals surface area contributed by atoms with Gasteiger partial charge < -0.3 is 14.8 Å². The summed E-state index contributed by atoms with van der Waals surface area (Å²) in [6, 6.07) is 15.5. The van der Waals surface area contributed by atoms with Crippen LogP contribution in [0.3, 0.4) is 0 Å². The largest absolute Gasteiger partial charge is 0.497 e. The lowest BCUT2D eigenvalue weighted by molar-refractivity contribution is -0.123. The summed E-state index contributed by atoms with van der Waals surface area (Å²) < 4.78 is 10.7. The summed E-state index contributed by atoms with van der Waals surface area (Å²) in [4.78, 5) is 16.6. The van der Waals surface area contributed by atoms with Crippen LogP contribution in [0.4, 0.5) is 0 Å². The second-order valence-corrected chi connectivity index (χ2v) is 6.79. The topological polar surface area (TPSA) is 60.5 Å². The summed E-state index contributed by atoms with van der Waals surface area (Å²) >= 11 is 1.55. The van der Waals surface area contributed by atoms with E-state index in [2.05, 4.69) is 17.2 Å². The van der Waals surface area contributed by atoms with Gasteiger partial charge in [0, 0.05) is 10.9 Å². The minimum atomic E-state index is -0.173. The lowest BCUT2D eigenvalue weighted by Crippen LogP contribution is -2.28. The maximum Gasteiger partial charge on any atom is 0.258 e. The molecule has 3 rings (SSSR count). The third-order valence-electron chi connectivity index (χ3n) is 4.06. The standard InChI is InChI=1S/C21H22N2O3S/c1-3-15-4-8-19(9-5-15)26-13-20(24)22-12-17-14-27-21(23-17)16-6-10-18(25-2)11-7-16/h4-11,14H,3,12-13H2,1-2H3,(H,22,24). The van der Waals surface area contributed by atoms with Gasteiger partial charge in [0.2, 0.25) is 0 Å². The number of amides is 1. The average Bonchev–Trinajstić information content (AvgIpc) is 3.20. The molecule has 5 nitrogen and oxygen atoms in total. The van der Waals surface area contributed by atoms with Crippen molar-refractivity contribution < 1.29 is 14.3 Å². The molecule has 0 aliphatic heterocycles. The van der Waals surface area contributed by atoms with Crippen molar-refractivity contribution in [3.8, 4) is 22.1 Å². The highest BCUT2D eigenvalue weighted by molar-refractivity contribution is 7.13. The van der Waals surface area contributed by atoms with Gasteiger partial charge in [-0.2, -0.15) is 0 Å². The fourth-order valence-corrected chi connectivity index (χ4v) is 3.29. The molecule has 3 aromatic rings. The molecule has 0 saturated carbocycles. The second kappa shape index (κ2) is 9.19. The number of hydrogen-bond acceptors (Lipinski definition) is 5. The molecule has 0 aliphatic rings. The number of rotatable bonds is 8. The molecule has 0 spiro atoms. The number of hydrogen-bond donors (Lipinski definition) is 1. The van der Waals surface area contributed by atoms with Crippen LogP contribution in [0.5, 0.6) is 11.5 Å². The zero-order valence-electron chi connectivity index (χ0n) is 15.4. The molecular weight excluding hydrogens is 360 g/mol. The van der Waals surface area contributed by atoms with Crippen molar-refractivity contribution in [2.24, 2.45) is 0 Å². The summed E-state index contributed by atoms with van der Waals surface area (Å²) in [7, 11) is 1.64. The molecule has 0 radical (unpaired) electrons. The molecule has 0 fully saturated rings. The lowest BCUT2D eigenvalue weighted by Gasteiger charge is -2.07. The normalized spacial score (nSPS) is 10.4. The highest BCUT2D eigenvalue weighted by Gasteiger charge is 2.08. The van der Waals surface area contributed by atoms with Crippen LogP contribution in [0.1, 0.15) is 18.2 Å². The van der Waals surface area contributed by atoms with Crippen LogP contribution in [-0.2, 0) is 17.8 Å². The van der Waals surface area contributed by atoms with E-state index in [1.165, 1.54) is 5.56 Å². The quantitative estimate of drug-likeness (QED) is 0.638. The third kappa shape index (κ3) is 5.31. The molecule has 0 unspecified atom stereocenters. The maximum absolute atomic E-state index is 12.0. The van der Waals surface area contributed by atoms with Gasteiger partial charge in [0.1, 0.15) is 16.5 Å². The molecule has 2 aromatic carbocycles. The van der Waals surface area contributed by atoms with Crippen molar-refractivity contribution in [2.75, 3.05) is 13.7 Å². The van der Waals surface area contributed by atoms with Gasteiger partial charge in [-0.05, 0) is 48.4 Å². The number of thiazole rings is 1. The van der Waals surface area contributed by atoms with E-state index in [1.807, 2.05) is 53.9 Å². The second-order valence-electron chi connectivity index (χ2n) is 5.94. The Morgan fingerprint density at radius 3 is 2.44 bits per heavy atom. The number of methoxy groups -OCH3 is 1. The van der Waals surface area contributed by atoms with Crippen molar-refractivity contribution in [1.29, 1.82) is 0 Å². The molecule has 6 heteroatoms. The van der Waals surface area contributed by atoms with Gasteiger partial charge in [0.25, 0.3) is 5.91 Å². The zero-order valence-corrected chi connectivity index (χ0v) is 16.2. The summed E-state index contributed by atoms with van der Waals surface area (Å²) in [5.74, 6) is 1.33. The fraction of sp³-hybridized carbons (Fsp3) is 0.238. The Balaban J connectivity index is 1.47. The van der Waals surface area contributed by atoms with Crippen molar-refractivity contribution in [3.05, 3.63) is 65.2 Å². The van der Waals surface area contributed by atoms with Crippen LogP contribution in [0.25, 0.3) is 10.6 Å². The molecule has 0 atom stereocenters. The number of nitrogens with one attached hydrogen (secondary N) is 1. The molecule has 1 aromatic heterocycles. The Labute approximate surface area is 163 Å². The van der Waals surface area contributed by atoms with Gasteiger partial charge in [-0.15, -0.1) is 11.3 Å². The van der Waals surface area contributed by atoms with Crippen molar-refractivity contribution in [1.82, 2.24) is 10.3 Å². The Hall–Kier alpha value is -2.86. The van der Waals surface area contributed by atoms with E-state index >= 15 is 0 Å². The molecule has 140 valence electrons. The van der Waals surface area contributed by atoms with E-state index < -0.39 is 0 Å². The molecule has 0 bridgehead atoms. The first-order valence-corrected chi connectivity index (χ1v) is 9.63. The van der Waals surface area contributed by atoms with E-state index in [1.54, 1.807) is 18.4 Å². The number of carbonyl (C=O) groups excluding carboxylic acids is 1. The Morgan fingerprint density at radius 2 is 1.78 bits per heavy atom. The predicted octanol–water partition coefficient (Wildman–Crippen LogP) is 4.08. The first-order valence-electron chi connectivity index (χ1n) is 8.75. The number of carbonyl (C=O) groups is 1. The van der Waals surface area contributed by atoms with Gasteiger partial charge in [-0.3, -0.25) is 4.79 Å². The van der Waals surface area contributed by atoms with Crippen LogP contribution in [0, 0.1) is 0 Å². The van der Waals surface area contributed by atoms with E-state index in [0.717, 1.165) is 28.4 Å². The third-order valence-corrected chi connectivity index (χ3v) is 5.00. The summed E-state index contributed by atoms with van der Waals surface area (Å²) in [5.41, 5.74) is 3.09. The highest BCUT2D eigenvalue weighted by atomic mass is 32.1. The SMILES string of the molecule is CCc1ccc(OCC(=O)NCc2csc(-c3ccc(OC)cc3)n2)cc1. The minimum Gasteiger partial charge on any atom is -0.497 e. The molecular formula is C21H22N2O3S. The minimum absolute atomic E-state index is 0.0130. The Kier molecular flexibility index (Phi) is 6.44. The monoisotopic (exact) mass is 382 g/mol. The van der Waals surface area contributed by atoms with Gasteiger partial charge >= 0.3 is 0 Å². The highest BCUT2D eigenvalue weighted by Crippen LogP contribution is 2.25. The molecule has 0 aliphatic carbocycles. The van der Waals surface area contributed by atoms with Crippen LogP contribution < -0.4 is 14.8 Å². The number of aromatic nitrogens is 1. The first-order chi connectivity index (χ1) is 13.2. The Bertz CT molecular complexity index is 873. The van der Waals surface area contributed by atoms with Crippen LogP contribution in [0.15, 0.2) is 53.9 Å². The van der Waals surface area contributed by atoms with E-state index in [-0.39, 0.29) is 12.5 Å². The van der Waals surface area contributed by atoms with E-state index in [4.69, 9.17) is 9.47 Å². The maximum atomic E-state index is 12.0. The number of aryl methyl sites for hydroxylation is 1. The first kappa shape index (κ1) is 18.9. The van der Waals surface area contributed by atoms with Crippen LogP contribution in [-0.4, -0.2) is 24.6 Å². The predicted molar refractivity (Wildman–Crippen MR) is 107 cm³/mol. The van der Waals surface area contributed by atoms with Crippen molar-refractivity contribution >= 4 is 17.2 Å². The summed E-state index contributed by atoms with van der Waals surface area (Å²) in [6.45, 7) is 2.46. The summed E-state index contributed by atoms with van der Waals surface area (Å²) in [6.07, 6.45) is 0.979. The fourth-order valence-electron chi connectivity index (χ4n) is 2.46. The van der Waals surface area contributed by atoms with Crippen molar-refractivity contribution in [2.45, 2.75) is 19.9 Å². The van der Waals surface area contributed by atoms with Crippen molar-refractivity contribution in [3.63, 3.8) is 0 Å². The van der Waals surface area contributed by atoms with Crippen LogP contribution in [0.2, 0.25) is 0 Å². The molecule has 0 saturated heterocycles. The number of nitrogens with zero attached hydrogens (tertiary/aromatic N) is 1. The average molecular weight is 382 g/mol. The zero-order chi connectivity index (χ0) is 19.1. The van der Waals surface area contributed by atoms with Gasteiger partial charge in [-0.1, -0.05) is 19.1 Å². The van der Waals surface area contributed by atoms with E-state index in [9.17, 15) is 4.79 Å². The van der Waals surface area contributed by atoms with Gasteiger partial charge in [0.05, 0.1) is 19.3 Å².